The molecule has 0 aliphatic heterocycles. The Kier molecular flexibility index (Phi) is 5.98. The molecule has 1 rings (SSSR count). The summed E-state index contributed by atoms with van der Waals surface area (Å²) in [4.78, 5) is 10.8. The lowest BCUT2D eigenvalue weighted by Gasteiger charge is -2.32. The van der Waals surface area contributed by atoms with Crippen LogP contribution in [-0.2, 0) is 0 Å². The van der Waals surface area contributed by atoms with Crippen LogP contribution < -0.4 is 4.74 Å². The smallest absolute Gasteiger partial charge is 0.460 e. The van der Waals surface area contributed by atoms with Gasteiger partial charge in [0.1, 0.15) is 5.75 Å². The van der Waals surface area contributed by atoms with Crippen molar-refractivity contribution in [3.8, 4) is 5.75 Å². The quantitative estimate of drug-likeness (QED) is 0.467. The van der Waals surface area contributed by atoms with Crippen LogP contribution in [0.5, 0.6) is 5.75 Å². The summed E-state index contributed by atoms with van der Waals surface area (Å²) in [5.41, 5.74) is -0.673. The lowest BCUT2D eigenvalue weighted by molar-refractivity contribution is -0.392. The van der Waals surface area contributed by atoms with E-state index in [0.717, 1.165) is 6.07 Å². The molecule has 0 unspecified atom stereocenters. The van der Waals surface area contributed by atoms with Gasteiger partial charge in [0.05, 0.1) is 5.56 Å². The summed E-state index contributed by atoms with van der Waals surface area (Å²) in [5.74, 6) is -28.6. The Morgan fingerprint density at radius 3 is 1.82 bits per heavy atom. The minimum absolute atomic E-state index is 0.0243. The van der Waals surface area contributed by atoms with Crippen molar-refractivity contribution in [2.45, 2.75) is 30.9 Å². The molecule has 0 radical (unpaired) electrons. The largest absolute Gasteiger partial charge is 0.478 e. The van der Waals surface area contributed by atoms with Crippen LogP contribution in [0.25, 0.3) is 0 Å². The molecule has 0 aromatic heterocycles. The number of benzene rings is 1. The van der Waals surface area contributed by atoms with Gasteiger partial charge in [-0.25, -0.2) is 4.79 Å². The van der Waals surface area contributed by atoms with E-state index in [1.165, 1.54) is 6.92 Å². The fraction of sp³-hybridized carbons (Fsp3) is 0.357. The van der Waals surface area contributed by atoms with Gasteiger partial charge < -0.3 is 9.84 Å². The highest BCUT2D eigenvalue weighted by Crippen LogP contribution is 2.55. The zero-order valence-corrected chi connectivity index (χ0v) is 13.2. The van der Waals surface area contributed by atoms with E-state index in [-0.39, 0.29) is 5.56 Å². The number of hydrogen-bond acceptors (Lipinski definition) is 2. The monoisotopic (exact) mass is 432 g/mol. The van der Waals surface area contributed by atoms with Crippen LogP contribution >= 0.6 is 0 Å². The Balaban J connectivity index is 3.38. The second-order valence-corrected chi connectivity index (χ2v) is 5.25. The normalized spacial score (nSPS) is 14.6. The lowest BCUT2D eigenvalue weighted by atomic mass is 10.0. The third-order valence-corrected chi connectivity index (χ3v) is 3.10. The molecule has 0 spiro atoms. The topological polar surface area (TPSA) is 46.5 Å². The number of alkyl halides is 9. The zero-order valence-electron chi connectivity index (χ0n) is 13.2. The average molecular weight is 432 g/mol. The molecular formula is C14H7F11O3. The summed E-state index contributed by atoms with van der Waals surface area (Å²) in [6.45, 7) is 1.17. The number of ether oxygens (including phenoxy) is 1. The van der Waals surface area contributed by atoms with Crippen molar-refractivity contribution in [2.75, 3.05) is 0 Å². The van der Waals surface area contributed by atoms with Crippen molar-refractivity contribution in [3.05, 3.63) is 41.2 Å². The summed E-state index contributed by atoms with van der Waals surface area (Å²) in [6, 6.07) is -1.20. The maximum atomic E-state index is 13.5. The number of hydrogen-bond donors (Lipinski definition) is 1. The van der Waals surface area contributed by atoms with Gasteiger partial charge in [-0.1, -0.05) is 0 Å². The fourth-order valence-electron chi connectivity index (χ4n) is 1.72. The van der Waals surface area contributed by atoms with E-state index in [4.69, 9.17) is 5.11 Å². The molecule has 0 heterocycles. The maximum Gasteiger partial charge on any atom is 0.460 e. The Bertz CT molecular complexity index is 796. The molecule has 0 fully saturated rings. The van der Waals surface area contributed by atoms with E-state index in [1.807, 2.05) is 0 Å². The first kappa shape index (κ1) is 23.5. The van der Waals surface area contributed by atoms with Crippen molar-refractivity contribution in [1.29, 1.82) is 0 Å². The molecule has 0 bridgehead atoms. The predicted molar refractivity (Wildman–Crippen MR) is 68.9 cm³/mol. The van der Waals surface area contributed by atoms with Gasteiger partial charge in [-0.3, -0.25) is 0 Å². The van der Waals surface area contributed by atoms with Crippen LogP contribution in [0.3, 0.4) is 0 Å². The van der Waals surface area contributed by atoms with E-state index in [9.17, 15) is 53.1 Å². The second-order valence-electron chi connectivity index (χ2n) is 5.25. The SMILES string of the molecule is Cc1cc(OC(F)=C(F)C(F)(F)C(F)(F)C(F)(F)C(F)(F)F)cc(C(=O)O)c1. The van der Waals surface area contributed by atoms with Crippen LogP contribution in [0.15, 0.2) is 30.0 Å². The van der Waals surface area contributed by atoms with Gasteiger partial charge in [0.25, 0.3) is 0 Å². The van der Waals surface area contributed by atoms with Gasteiger partial charge in [0, 0.05) is 0 Å². The van der Waals surface area contributed by atoms with Gasteiger partial charge >= 0.3 is 35.9 Å². The number of aryl methyl sites for hydroxylation is 1. The number of halogens is 11. The van der Waals surface area contributed by atoms with Crippen molar-refractivity contribution in [2.24, 2.45) is 0 Å². The Hall–Kier alpha value is -2.54. The Morgan fingerprint density at radius 2 is 1.39 bits per heavy atom. The molecule has 158 valence electrons. The van der Waals surface area contributed by atoms with E-state index < -0.39 is 53.1 Å². The van der Waals surface area contributed by atoms with Crippen LogP contribution in [0, 0.1) is 6.92 Å². The van der Waals surface area contributed by atoms with Gasteiger partial charge in [0.15, 0.2) is 0 Å². The number of rotatable bonds is 6. The van der Waals surface area contributed by atoms with Crippen LogP contribution in [0.1, 0.15) is 15.9 Å². The first-order valence-electron chi connectivity index (χ1n) is 6.65. The molecule has 0 aliphatic carbocycles. The maximum absolute atomic E-state index is 13.5. The highest BCUT2D eigenvalue weighted by atomic mass is 19.4. The molecule has 0 amide bonds. The second kappa shape index (κ2) is 7.13. The molecule has 14 heteroatoms. The van der Waals surface area contributed by atoms with Crippen molar-refractivity contribution < 1.29 is 62.9 Å². The predicted octanol–water partition coefficient (Wildman–Crippen LogP) is 5.65. The van der Waals surface area contributed by atoms with Crippen molar-refractivity contribution >= 4 is 5.97 Å². The van der Waals surface area contributed by atoms with Crippen LogP contribution in [0.2, 0.25) is 0 Å². The standard InChI is InChI=1S/C14H7F11O3/c1-5-2-6(10(26)27)4-7(3-5)28-9(16)8(15)11(17,18)12(19,20)13(21,22)14(23,24)25/h2-4H,1H3,(H,26,27). The molecule has 0 saturated carbocycles. The average Bonchev–Trinajstić information content (AvgIpc) is 2.51. The van der Waals surface area contributed by atoms with E-state index >= 15 is 0 Å². The fourth-order valence-corrected chi connectivity index (χ4v) is 1.72. The number of carbonyl (C=O) groups is 1. The third-order valence-electron chi connectivity index (χ3n) is 3.10. The molecular weight excluding hydrogens is 425 g/mol. The lowest BCUT2D eigenvalue weighted by Crippen LogP contribution is -2.61. The molecule has 0 atom stereocenters. The zero-order chi connectivity index (χ0) is 22.3. The molecule has 0 saturated heterocycles. The first-order chi connectivity index (χ1) is 12.4. The molecule has 1 aromatic rings. The van der Waals surface area contributed by atoms with Crippen molar-refractivity contribution in [1.82, 2.24) is 0 Å². The summed E-state index contributed by atoms with van der Waals surface area (Å²) in [5, 5.41) is 8.73. The Labute approximate surface area is 148 Å². The van der Waals surface area contributed by atoms with E-state index in [0.29, 0.717) is 12.1 Å². The molecule has 1 N–H and O–H groups in total. The van der Waals surface area contributed by atoms with Crippen LogP contribution in [0.4, 0.5) is 48.3 Å². The number of carboxylic acid groups (broad SMARTS) is 1. The number of aromatic carboxylic acids is 1. The van der Waals surface area contributed by atoms with Gasteiger partial charge in [0.2, 0.25) is 5.83 Å². The van der Waals surface area contributed by atoms with Gasteiger partial charge in [-0.2, -0.15) is 48.3 Å². The summed E-state index contributed by atoms with van der Waals surface area (Å²) >= 11 is 0. The summed E-state index contributed by atoms with van der Waals surface area (Å²) < 4.78 is 144. The minimum atomic E-state index is -7.43. The number of allylic oxidation sites excluding steroid dienone is 1. The minimum Gasteiger partial charge on any atom is -0.478 e. The van der Waals surface area contributed by atoms with Crippen LogP contribution in [-0.4, -0.2) is 35.0 Å². The van der Waals surface area contributed by atoms with E-state index in [1.54, 1.807) is 0 Å². The number of carboxylic acids is 1. The molecule has 1 aromatic carbocycles. The highest BCUT2D eigenvalue weighted by molar-refractivity contribution is 5.88. The Morgan fingerprint density at radius 1 is 0.893 bits per heavy atom. The van der Waals surface area contributed by atoms with E-state index in [2.05, 4.69) is 4.74 Å². The summed E-state index contributed by atoms with van der Waals surface area (Å²) in [6.07, 6.45) is -7.22. The van der Waals surface area contributed by atoms with Gasteiger partial charge in [-0.15, -0.1) is 0 Å². The van der Waals surface area contributed by atoms with Crippen molar-refractivity contribution in [3.63, 3.8) is 0 Å². The highest BCUT2D eigenvalue weighted by Gasteiger charge is 2.83. The first-order valence-corrected chi connectivity index (χ1v) is 6.65. The molecule has 3 nitrogen and oxygen atoms in total. The third kappa shape index (κ3) is 3.99. The molecule has 0 aliphatic rings. The molecule has 28 heavy (non-hydrogen) atoms. The van der Waals surface area contributed by atoms with Gasteiger partial charge in [-0.05, 0) is 30.7 Å². The summed E-state index contributed by atoms with van der Waals surface area (Å²) in [7, 11) is 0.